The summed E-state index contributed by atoms with van der Waals surface area (Å²) in [6.45, 7) is 3.08. The molecule has 0 radical (unpaired) electrons. The Balaban J connectivity index is 1.83. The van der Waals surface area contributed by atoms with Crippen LogP contribution in [0.4, 0.5) is 4.79 Å². The van der Waals surface area contributed by atoms with Crippen LogP contribution in [0.2, 0.25) is 4.34 Å². The molecule has 24 heavy (non-hydrogen) atoms. The van der Waals surface area contributed by atoms with Gasteiger partial charge in [0.25, 0.3) is 10.0 Å². The molecule has 0 aromatic carbocycles. The minimum absolute atomic E-state index is 0.0624. The maximum absolute atomic E-state index is 12.1. The van der Waals surface area contributed by atoms with Gasteiger partial charge in [-0.15, -0.1) is 11.3 Å². The zero-order valence-electron chi connectivity index (χ0n) is 13.0. The summed E-state index contributed by atoms with van der Waals surface area (Å²) in [7, 11) is -3.75. The molecule has 134 valence electrons. The van der Waals surface area contributed by atoms with Crippen molar-refractivity contribution in [3.63, 3.8) is 0 Å². The van der Waals surface area contributed by atoms with Crippen LogP contribution in [0.5, 0.6) is 0 Å². The second-order valence-electron chi connectivity index (χ2n) is 4.95. The fourth-order valence-corrected chi connectivity index (χ4v) is 4.64. The summed E-state index contributed by atoms with van der Waals surface area (Å²) < 4.78 is 31.7. The second kappa shape index (κ2) is 8.15. The molecule has 1 aromatic heterocycles. The molecule has 1 aromatic rings. The molecule has 2 rings (SSSR count). The van der Waals surface area contributed by atoms with E-state index < -0.39 is 16.1 Å². The highest BCUT2D eigenvalue weighted by molar-refractivity contribution is 7.91. The van der Waals surface area contributed by atoms with Crippen molar-refractivity contribution < 1.29 is 22.7 Å². The molecule has 11 heteroatoms. The number of amides is 2. The minimum Gasteiger partial charge on any atom is -0.450 e. The third-order valence-electron chi connectivity index (χ3n) is 3.39. The molecule has 8 nitrogen and oxygen atoms in total. The smallest absolute Gasteiger partial charge is 0.409 e. The fraction of sp³-hybridized carbons (Fsp3) is 0.538. The molecule has 0 spiro atoms. The Hall–Kier alpha value is -1.36. The topological polar surface area (TPSA) is 96.0 Å². The Labute approximate surface area is 149 Å². The lowest BCUT2D eigenvalue weighted by Crippen LogP contribution is -2.52. The minimum atomic E-state index is -3.75. The molecule has 0 bridgehead atoms. The van der Waals surface area contributed by atoms with Crippen LogP contribution < -0.4 is 4.72 Å². The van der Waals surface area contributed by atoms with Gasteiger partial charge in [-0.25, -0.2) is 17.9 Å². The van der Waals surface area contributed by atoms with Crippen molar-refractivity contribution in [2.45, 2.75) is 11.1 Å². The molecule has 0 saturated carbocycles. The molecule has 1 fully saturated rings. The van der Waals surface area contributed by atoms with E-state index in [4.69, 9.17) is 16.3 Å². The third kappa shape index (κ3) is 4.82. The maximum atomic E-state index is 12.1. The SMILES string of the molecule is CCOC(=O)N1CCN(C(=O)CNS(=O)(=O)c2ccc(Cl)s2)CC1. The Morgan fingerprint density at radius 3 is 2.42 bits per heavy atom. The largest absolute Gasteiger partial charge is 0.450 e. The van der Waals surface area contributed by atoms with Crippen molar-refractivity contribution in [3.8, 4) is 0 Å². The molecule has 0 unspecified atom stereocenters. The number of halogens is 1. The summed E-state index contributed by atoms with van der Waals surface area (Å²) in [6, 6.07) is 2.87. The molecule has 1 saturated heterocycles. The molecule has 2 heterocycles. The fourth-order valence-electron chi connectivity index (χ4n) is 2.13. The Morgan fingerprint density at radius 1 is 1.25 bits per heavy atom. The van der Waals surface area contributed by atoms with Gasteiger partial charge in [0.05, 0.1) is 17.5 Å². The number of nitrogens with zero attached hydrogens (tertiary/aromatic N) is 2. The maximum Gasteiger partial charge on any atom is 0.409 e. The van der Waals surface area contributed by atoms with E-state index in [0.29, 0.717) is 37.1 Å². The Morgan fingerprint density at radius 2 is 1.88 bits per heavy atom. The number of carbonyl (C=O) groups excluding carboxylic acids is 2. The highest BCUT2D eigenvalue weighted by Gasteiger charge is 2.26. The summed E-state index contributed by atoms with van der Waals surface area (Å²) in [5.74, 6) is -0.343. The molecular weight excluding hydrogens is 378 g/mol. The summed E-state index contributed by atoms with van der Waals surface area (Å²) in [5, 5.41) is 0. The van der Waals surface area contributed by atoms with Gasteiger partial charge in [-0.1, -0.05) is 11.6 Å². The average Bonchev–Trinajstić information content (AvgIpc) is 3.00. The van der Waals surface area contributed by atoms with Crippen LogP contribution >= 0.6 is 22.9 Å². The zero-order chi connectivity index (χ0) is 17.7. The molecular formula is C13H18ClN3O5S2. The number of piperazine rings is 1. The predicted molar refractivity (Wildman–Crippen MR) is 89.7 cm³/mol. The lowest BCUT2D eigenvalue weighted by molar-refractivity contribution is -0.131. The van der Waals surface area contributed by atoms with E-state index in [2.05, 4.69) is 4.72 Å². The first-order valence-electron chi connectivity index (χ1n) is 7.28. The van der Waals surface area contributed by atoms with Gasteiger partial charge >= 0.3 is 6.09 Å². The number of thiophene rings is 1. The number of hydrogen-bond acceptors (Lipinski definition) is 6. The Bertz CT molecular complexity index is 698. The average molecular weight is 396 g/mol. The molecule has 0 aliphatic carbocycles. The van der Waals surface area contributed by atoms with Crippen molar-refractivity contribution >= 4 is 45.0 Å². The Kier molecular flexibility index (Phi) is 6.44. The van der Waals surface area contributed by atoms with E-state index >= 15 is 0 Å². The third-order valence-corrected chi connectivity index (χ3v) is 6.51. The van der Waals surface area contributed by atoms with Gasteiger partial charge in [0, 0.05) is 26.2 Å². The van der Waals surface area contributed by atoms with Crippen LogP contribution in [0.25, 0.3) is 0 Å². The highest BCUT2D eigenvalue weighted by atomic mass is 35.5. The summed E-state index contributed by atoms with van der Waals surface area (Å²) in [6.07, 6.45) is -0.403. The van der Waals surface area contributed by atoms with E-state index in [1.165, 1.54) is 21.9 Å². The molecule has 1 aliphatic rings. The first-order valence-corrected chi connectivity index (χ1v) is 9.95. The van der Waals surface area contributed by atoms with Crippen LogP contribution in [0.15, 0.2) is 16.3 Å². The molecule has 0 atom stereocenters. The van der Waals surface area contributed by atoms with Crippen LogP contribution in [0.1, 0.15) is 6.92 Å². The number of ether oxygens (including phenoxy) is 1. The zero-order valence-corrected chi connectivity index (χ0v) is 15.4. The normalized spacial score (nSPS) is 15.4. The van der Waals surface area contributed by atoms with Gasteiger partial charge in [-0.3, -0.25) is 4.79 Å². The lowest BCUT2D eigenvalue weighted by atomic mass is 10.3. The van der Waals surface area contributed by atoms with E-state index in [1.54, 1.807) is 6.92 Å². The highest BCUT2D eigenvalue weighted by Crippen LogP contribution is 2.25. The monoisotopic (exact) mass is 395 g/mol. The van der Waals surface area contributed by atoms with Crippen molar-refractivity contribution in [3.05, 3.63) is 16.5 Å². The van der Waals surface area contributed by atoms with Gasteiger partial charge in [-0.2, -0.15) is 0 Å². The quantitative estimate of drug-likeness (QED) is 0.801. The summed E-state index contributed by atoms with van der Waals surface area (Å²) in [4.78, 5) is 26.7. The van der Waals surface area contributed by atoms with Crippen LogP contribution in [-0.2, 0) is 19.6 Å². The lowest BCUT2D eigenvalue weighted by Gasteiger charge is -2.34. The van der Waals surface area contributed by atoms with E-state index in [-0.39, 0.29) is 16.7 Å². The summed E-state index contributed by atoms with van der Waals surface area (Å²) in [5.41, 5.74) is 0. The molecule has 2 amide bonds. The number of hydrogen-bond donors (Lipinski definition) is 1. The van der Waals surface area contributed by atoms with Crippen LogP contribution in [-0.4, -0.2) is 69.5 Å². The van der Waals surface area contributed by atoms with Gasteiger partial charge in [-0.05, 0) is 19.1 Å². The molecule has 1 aliphatic heterocycles. The van der Waals surface area contributed by atoms with Crippen molar-refractivity contribution in [1.29, 1.82) is 0 Å². The van der Waals surface area contributed by atoms with Gasteiger partial charge < -0.3 is 14.5 Å². The van der Waals surface area contributed by atoms with E-state index in [0.717, 1.165) is 11.3 Å². The molecule has 1 N–H and O–H groups in total. The predicted octanol–water partition coefficient (Wildman–Crippen LogP) is 0.981. The van der Waals surface area contributed by atoms with Crippen molar-refractivity contribution in [1.82, 2.24) is 14.5 Å². The van der Waals surface area contributed by atoms with E-state index in [1.807, 2.05) is 0 Å². The first kappa shape index (κ1) is 19.0. The van der Waals surface area contributed by atoms with E-state index in [9.17, 15) is 18.0 Å². The number of carbonyl (C=O) groups is 2. The standard InChI is InChI=1S/C13H18ClN3O5S2/c1-2-22-13(19)17-7-5-16(6-8-17)11(18)9-15-24(20,21)12-4-3-10(14)23-12/h3-4,15H,2,5-9H2,1H3. The number of sulfonamides is 1. The van der Waals surface area contributed by atoms with Crippen molar-refractivity contribution in [2.24, 2.45) is 0 Å². The number of nitrogens with one attached hydrogen (secondary N) is 1. The van der Waals surface area contributed by atoms with Gasteiger partial charge in [0.2, 0.25) is 5.91 Å². The van der Waals surface area contributed by atoms with Crippen molar-refractivity contribution in [2.75, 3.05) is 39.3 Å². The van der Waals surface area contributed by atoms with Crippen LogP contribution in [0.3, 0.4) is 0 Å². The first-order chi connectivity index (χ1) is 11.3. The van der Waals surface area contributed by atoms with Gasteiger partial charge in [0.1, 0.15) is 4.21 Å². The summed E-state index contributed by atoms with van der Waals surface area (Å²) >= 11 is 6.64. The van der Waals surface area contributed by atoms with Crippen LogP contribution in [0, 0.1) is 0 Å². The second-order valence-corrected chi connectivity index (χ2v) is 8.66. The van der Waals surface area contributed by atoms with Gasteiger partial charge in [0.15, 0.2) is 0 Å². The number of rotatable bonds is 5.